The summed E-state index contributed by atoms with van der Waals surface area (Å²) in [6, 6.07) is 14.7. The third kappa shape index (κ3) is 3.39. The fourth-order valence-electron chi connectivity index (χ4n) is 3.86. The smallest absolute Gasteiger partial charge is 0.177 e. The molecule has 2 fully saturated rings. The minimum absolute atomic E-state index is 0.0903. The first kappa shape index (κ1) is 18.5. The summed E-state index contributed by atoms with van der Waals surface area (Å²) in [6.45, 7) is 0.540. The zero-order valence-corrected chi connectivity index (χ0v) is 17.1. The molecular formula is C19H19ClN2O3S2. The number of sulfone groups is 1. The lowest BCUT2D eigenvalue weighted by atomic mass is 10.1. The lowest BCUT2D eigenvalue weighted by Gasteiger charge is -2.26. The maximum atomic E-state index is 12.4. The number of thiocarbonyl (C=S) groups is 1. The van der Waals surface area contributed by atoms with Gasteiger partial charge in [0, 0.05) is 11.6 Å². The Hall–Kier alpha value is -1.83. The summed E-state index contributed by atoms with van der Waals surface area (Å²) in [6.07, 6.45) is 0. The van der Waals surface area contributed by atoms with E-state index in [1.807, 2.05) is 58.3 Å². The predicted molar refractivity (Wildman–Crippen MR) is 111 cm³/mol. The third-order valence-electron chi connectivity index (χ3n) is 5.09. The second-order valence-corrected chi connectivity index (χ2v) is 9.75. The van der Waals surface area contributed by atoms with Gasteiger partial charge in [-0.2, -0.15) is 0 Å². The highest BCUT2D eigenvalue weighted by molar-refractivity contribution is 7.91. The molecule has 0 bridgehead atoms. The van der Waals surface area contributed by atoms with Crippen molar-refractivity contribution in [2.45, 2.75) is 18.6 Å². The number of benzene rings is 2. The first-order chi connectivity index (χ1) is 12.9. The van der Waals surface area contributed by atoms with E-state index >= 15 is 0 Å². The molecule has 2 aliphatic rings. The van der Waals surface area contributed by atoms with Crippen LogP contribution in [-0.2, 0) is 16.4 Å². The fourth-order valence-corrected chi connectivity index (χ4v) is 6.37. The quantitative estimate of drug-likeness (QED) is 0.705. The summed E-state index contributed by atoms with van der Waals surface area (Å²) in [4.78, 5) is 3.96. The van der Waals surface area contributed by atoms with Crippen LogP contribution in [0.4, 0.5) is 5.69 Å². The largest absolute Gasteiger partial charge is 0.495 e. The minimum atomic E-state index is -3.13. The molecule has 27 heavy (non-hydrogen) atoms. The third-order valence-corrected chi connectivity index (χ3v) is 7.47. The van der Waals surface area contributed by atoms with Crippen LogP contribution >= 0.6 is 23.8 Å². The van der Waals surface area contributed by atoms with Gasteiger partial charge in [-0.25, -0.2) is 8.42 Å². The number of hydrogen-bond acceptors (Lipinski definition) is 4. The van der Waals surface area contributed by atoms with Crippen LogP contribution in [0, 0.1) is 0 Å². The van der Waals surface area contributed by atoms with Crippen molar-refractivity contribution >= 4 is 44.5 Å². The number of rotatable bonds is 4. The number of nitrogens with zero attached hydrogens (tertiary/aromatic N) is 2. The Labute approximate surface area is 169 Å². The van der Waals surface area contributed by atoms with E-state index in [1.165, 1.54) is 0 Å². The van der Waals surface area contributed by atoms with Gasteiger partial charge in [0.15, 0.2) is 14.9 Å². The Morgan fingerprint density at radius 3 is 2.48 bits per heavy atom. The van der Waals surface area contributed by atoms with Gasteiger partial charge in [0.2, 0.25) is 0 Å². The molecule has 0 amide bonds. The van der Waals surface area contributed by atoms with Crippen LogP contribution < -0.4 is 9.64 Å². The van der Waals surface area contributed by atoms with Gasteiger partial charge < -0.3 is 14.5 Å². The summed E-state index contributed by atoms with van der Waals surface area (Å²) < 4.78 is 30.2. The lowest BCUT2D eigenvalue weighted by molar-refractivity contribution is 0.350. The average Bonchev–Trinajstić information content (AvgIpc) is 3.07. The second kappa shape index (κ2) is 6.96. The van der Waals surface area contributed by atoms with E-state index in [2.05, 4.69) is 0 Å². The Bertz CT molecular complexity index is 979. The first-order valence-corrected chi connectivity index (χ1v) is 11.2. The molecule has 0 aromatic heterocycles. The number of hydrogen-bond donors (Lipinski definition) is 0. The molecule has 2 aromatic rings. The number of anilines is 1. The van der Waals surface area contributed by atoms with E-state index in [0.29, 0.717) is 22.4 Å². The van der Waals surface area contributed by atoms with E-state index in [9.17, 15) is 8.42 Å². The second-order valence-electron chi connectivity index (χ2n) is 6.79. The van der Waals surface area contributed by atoms with Crippen LogP contribution in [0.1, 0.15) is 5.56 Å². The molecule has 0 N–H and O–H groups in total. The number of ether oxygens (including phenoxy) is 1. The standard InChI is InChI=1S/C19H19ClN2O3S2/c1-25-18-5-3-2-4-15(18)22-17-12-27(23,24)11-16(17)21(19(22)26)10-13-6-8-14(20)9-7-13/h2-9,16-17H,10-12H2,1H3/t16-,17-/m0/s1. The topological polar surface area (TPSA) is 49.9 Å². The molecule has 2 aliphatic heterocycles. The summed E-state index contributed by atoms with van der Waals surface area (Å²) in [5.41, 5.74) is 1.84. The SMILES string of the molecule is COc1ccccc1N1C(=S)N(Cc2ccc(Cl)cc2)[C@H]2CS(=O)(=O)C[C@@H]21. The Kier molecular flexibility index (Phi) is 4.78. The molecule has 142 valence electrons. The zero-order chi connectivity index (χ0) is 19.2. The van der Waals surface area contributed by atoms with Crippen LogP contribution in [-0.4, -0.2) is 49.1 Å². The van der Waals surface area contributed by atoms with Gasteiger partial charge in [0.1, 0.15) is 5.75 Å². The number of fused-ring (bicyclic) bond motifs is 1. The van der Waals surface area contributed by atoms with Crippen molar-refractivity contribution in [3.8, 4) is 5.75 Å². The molecule has 2 aromatic carbocycles. The van der Waals surface area contributed by atoms with Gasteiger partial charge >= 0.3 is 0 Å². The molecular weight excluding hydrogens is 404 g/mol. The first-order valence-electron chi connectivity index (χ1n) is 8.57. The lowest BCUT2D eigenvalue weighted by Crippen LogP contribution is -2.37. The highest BCUT2D eigenvalue weighted by atomic mass is 35.5. The van der Waals surface area contributed by atoms with Crippen LogP contribution in [0.2, 0.25) is 5.02 Å². The van der Waals surface area contributed by atoms with Crippen molar-refractivity contribution in [1.29, 1.82) is 0 Å². The molecule has 0 aliphatic carbocycles. The molecule has 0 saturated carbocycles. The normalized spacial score (nSPS) is 23.6. The Morgan fingerprint density at radius 1 is 1.11 bits per heavy atom. The van der Waals surface area contributed by atoms with E-state index in [-0.39, 0.29) is 23.6 Å². The van der Waals surface area contributed by atoms with Crippen LogP contribution in [0.5, 0.6) is 5.75 Å². The van der Waals surface area contributed by atoms with Gasteiger partial charge in [0.25, 0.3) is 0 Å². The van der Waals surface area contributed by atoms with Crippen LogP contribution in [0.25, 0.3) is 0 Å². The van der Waals surface area contributed by atoms with Gasteiger partial charge in [-0.15, -0.1) is 0 Å². The molecule has 5 nitrogen and oxygen atoms in total. The molecule has 0 radical (unpaired) electrons. The summed E-state index contributed by atoms with van der Waals surface area (Å²) in [5.74, 6) is 0.876. The summed E-state index contributed by atoms with van der Waals surface area (Å²) in [7, 11) is -1.52. The molecule has 2 atom stereocenters. The van der Waals surface area contributed by atoms with Gasteiger partial charge in [-0.05, 0) is 42.0 Å². The van der Waals surface area contributed by atoms with Crippen molar-refractivity contribution in [3.63, 3.8) is 0 Å². The van der Waals surface area contributed by atoms with Crippen molar-refractivity contribution in [1.82, 2.24) is 4.90 Å². The van der Waals surface area contributed by atoms with Gasteiger partial charge in [0.05, 0.1) is 36.4 Å². The number of para-hydroxylation sites is 2. The molecule has 0 unspecified atom stereocenters. The Morgan fingerprint density at radius 2 is 1.78 bits per heavy atom. The molecule has 2 heterocycles. The average molecular weight is 423 g/mol. The van der Waals surface area contributed by atoms with Gasteiger partial charge in [-0.1, -0.05) is 35.9 Å². The van der Waals surface area contributed by atoms with Crippen molar-refractivity contribution < 1.29 is 13.2 Å². The van der Waals surface area contributed by atoms with E-state index < -0.39 is 9.84 Å². The van der Waals surface area contributed by atoms with Crippen molar-refractivity contribution in [2.75, 3.05) is 23.5 Å². The highest BCUT2D eigenvalue weighted by Gasteiger charge is 2.52. The minimum Gasteiger partial charge on any atom is -0.495 e. The monoisotopic (exact) mass is 422 g/mol. The molecule has 0 spiro atoms. The van der Waals surface area contributed by atoms with Gasteiger partial charge in [-0.3, -0.25) is 0 Å². The molecule has 4 rings (SSSR count). The molecule has 8 heteroatoms. The maximum Gasteiger partial charge on any atom is 0.177 e. The highest BCUT2D eigenvalue weighted by Crippen LogP contribution is 2.39. The van der Waals surface area contributed by atoms with E-state index in [0.717, 1.165) is 11.3 Å². The zero-order valence-electron chi connectivity index (χ0n) is 14.7. The Balaban J connectivity index is 1.73. The van der Waals surface area contributed by atoms with Crippen LogP contribution in [0.3, 0.4) is 0 Å². The summed E-state index contributed by atoms with van der Waals surface area (Å²) >= 11 is 11.8. The fraction of sp³-hybridized carbons (Fsp3) is 0.316. The van der Waals surface area contributed by atoms with Crippen molar-refractivity contribution in [3.05, 3.63) is 59.1 Å². The number of methoxy groups -OCH3 is 1. The van der Waals surface area contributed by atoms with Crippen molar-refractivity contribution in [2.24, 2.45) is 0 Å². The van der Waals surface area contributed by atoms with Crippen LogP contribution in [0.15, 0.2) is 48.5 Å². The maximum absolute atomic E-state index is 12.4. The number of halogens is 1. The predicted octanol–water partition coefficient (Wildman–Crippen LogP) is 3.12. The molecule has 2 saturated heterocycles. The summed E-state index contributed by atoms with van der Waals surface area (Å²) in [5, 5.41) is 1.29. The van der Waals surface area contributed by atoms with E-state index in [4.69, 9.17) is 28.6 Å². The van der Waals surface area contributed by atoms with E-state index in [1.54, 1.807) is 7.11 Å².